The molecule has 5 aromatic rings. The number of hydrogen-bond donors (Lipinski definition) is 2. The summed E-state index contributed by atoms with van der Waals surface area (Å²) in [6, 6.07) is 24.5. The highest BCUT2D eigenvalue weighted by molar-refractivity contribution is 5.91. The molecule has 1 saturated heterocycles. The molecule has 0 aliphatic carbocycles. The number of alkyl halides is 1. The number of fused-ring (bicyclic) bond motifs is 1. The SMILES string of the molecule is COc1ccc(C(O[C@H]2[C@@H](F)[C@H](n3cnc4c(=O)[nH]c(NC(=O)C(C)C)nc43)O[C@@H]2C)(c2ccccc2)c2ccc(OC)cc2)cc1. The monoisotopic (exact) mass is 641 g/mol. The molecule has 0 unspecified atom stereocenters. The molecule has 12 heteroatoms. The zero-order valence-electron chi connectivity index (χ0n) is 26.6. The molecular weight excluding hydrogens is 605 g/mol. The van der Waals surface area contributed by atoms with Crippen molar-refractivity contribution in [2.24, 2.45) is 5.92 Å². The Hall–Kier alpha value is -5.07. The van der Waals surface area contributed by atoms with Gasteiger partial charge in [0, 0.05) is 5.92 Å². The molecule has 0 saturated carbocycles. The number of aromatic nitrogens is 4. The van der Waals surface area contributed by atoms with E-state index in [1.54, 1.807) is 35.0 Å². The van der Waals surface area contributed by atoms with Gasteiger partial charge >= 0.3 is 0 Å². The summed E-state index contributed by atoms with van der Waals surface area (Å²) in [5.41, 5.74) is 0.424. The number of nitrogens with zero attached hydrogens (tertiary/aromatic N) is 3. The number of hydrogen-bond acceptors (Lipinski definition) is 8. The van der Waals surface area contributed by atoms with Gasteiger partial charge in [0.15, 0.2) is 23.6 Å². The number of carbonyl (C=O) groups excluding carboxylic acids is 1. The number of anilines is 1. The third kappa shape index (κ3) is 5.85. The first-order valence-corrected chi connectivity index (χ1v) is 15.3. The van der Waals surface area contributed by atoms with E-state index >= 15 is 4.39 Å². The van der Waals surface area contributed by atoms with Crippen molar-refractivity contribution in [3.63, 3.8) is 0 Å². The number of methoxy groups -OCH3 is 2. The number of ether oxygens (including phenoxy) is 4. The number of halogens is 1. The molecule has 0 bridgehead atoms. The van der Waals surface area contributed by atoms with Crippen LogP contribution in [0.4, 0.5) is 10.3 Å². The van der Waals surface area contributed by atoms with Gasteiger partial charge in [0.25, 0.3) is 5.56 Å². The summed E-state index contributed by atoms with van der Waals surface area (Å²) in [5.74, 6) is 0.554. The Morgan fingerprint density at radius 1 is 0.957 bits per heavy atom. The van der Waals surface area contributed by atoms with Crippen LogP contribution >= 0.6 is 0 Å². The van der Waals surface area contributed by atoms with Crippen LogP contribution in [0.2, 0.25) is 0 Å². The fourth-order valence-corrected chi connectivity index (χ4v) is 5.84. The topological polar surface area (TPSA) is 130 Å². The molecule has 2 aromatic heterocycles. The van der Waals surface area contributed by atoms with Gasteiger partial charge in [-0.15, -0.1) is 0 Å². The number of amides is 1. The largest absolute Gasteiger partial charge is 0.497 e. The van der Waals surface area contributed by atoms with Crippen LogP contribution < -0.4 is 20.3 Å². The molecule has 244 valence electrons. The Labute approximate surface area is 270 Å². The standard InChI is InChI=1S/C35H36FN5O6/c1-20(2)31(42)39-34-38-30-28(32(43)40-34)37-19-41(30)33-27(36)29(21(3)46-33)47-35(22-9-7-6-8-10-22,23-11-15-25(44-4)16-12-23)24-13-17-26(45-5)18-14-24/h6-21,27,29,33H,1-5H3,(H2,38,39,40,42,43)/t21-,27-,29-,33-/m1/s1. The first-order chi connectivity index (χ1) is 22.7. The number of benzene rings is 3. The minimum absolute atomic E-state index is 0.0181. The zero-order valence-corrected chi connectivity index (χ0v) is 26.6. The first kappa shape index (κ1) is 31.9. The number of aromatic amines is 1. The minimum atomic E-state index is -1.73. The lowest BCUT2D eigenvalue weighted by atomic mass is 9.79. The highest BCUT2D eigenvalue weighted by Crippen LogP contribution is 2.46. The number of H-pyrrole nitrogens is 1. The van der Waals surface area contributed by atoms with Gasteiger partial charge in [-0.1, -0.05) is 68.4 Å². The molecule has 0 spiro atoms. The number of rotatable bonds is 10. The van der Waals surface area contributed by atoms with Crippen LogP contribution in [0.15, 0.2) is 90.0 Å². The third-order valence-corrected chi connectivity index (χ3v) is 8.36. The van der Waals surface area contributed by atoms with Crippen LogP contribution in [0.3, 0.4) is 0 Å². The predicted molar refractivity (Wildman–Crippen MR) is 173 cm³/mol. The highest BCUT2D eigenvalue weighted by Gasteiger charge is 2.51. The molecule has 1 amide bonds. The molecule has 3 aromatic carbocycles. The van der Waals surface area contributed by atoms with Crippen LogP contribution in [0, 0.1) is 5.92 Å². The molecular formula is C35H36FN5O6. The van der Waals surface area contributed by atoms with Crippen molar-refractivity contribution < 1.29 is 28.1 Å². The van der Waals surface area contributed by atoms with Crippen molar-refractivity contribution in [3.8, 4) is 11.5 Å². The Morgan fingerprint density at radius 2 is 1.53 bits per heavy atom. The number of imidazole rings is 1. The van der Waals surface area contributed by atoms with Crippen LogP contribution in [0.1, 0.15) is 43.7 Å². The highest BCUT2D eigenvalue weighted by atomic mass is 19.1. The van der Waals surface area contributed by atoms with Crippen LogP contribution in [-0.4, -0.2) is 58.0 Å². The normalized spacial score (nSPS) is 19.6. The fourth-order valence-electron chi connectivity index (χ4n) is 5.84. The Balaban J connectivity index is 1.44. The van der Waals surface area contributed by atoms with Gasteiger partial charge in [0.2, 0.25) is 11.9 Å². The van der Waals surface area contributed by atoms with Crippen LogP contribution in [0.5, 0.6) is 11.5 Å². The van der Waals surface area contributed by atoms with E-state index in [1.165, 1.54) is 10.9 Å². The molecule has 47 heavy (non-hydrogen) atoms. The van der Waals surface area contributed by atoms with Crippen molar-refractivity contribution in [2.45, 2.75) is 51.0 Å². The molecule has 6 rings (SSSR count). The Bertz CT molecular complexity index is 1860. The quantitative estimate of drug-likeness (QED) is 0.195. The van der Waals surface area contributed by atoms with Crippen LogP contribution in [0.25, 0.3) is 11.2 Å². The van der Waals surface area contributed by atoms with E-state index in [-0.39, 0.29) is 28.9 Å². The van der Waals surface area contributed by atoms with Crippen LogP contribution in [-0.2, 0) is 19.9 Å². The molecule has 11 nitrogen and oxygen atoms in total. The van der Waals surface area contributed by atoms with Crippen molar-refractivity contribution in [1.82, 2.24) is 19.5 Å². The van der Waals surface area contributed by atoms with Crippen molar-refractivity contribution in [1.29, 1.82) is 0 Å². The van der Waals surface area contributed by atoms with Gasteiger partial charge < -0.3 is 18.9 Å². The van der Waals surface area contributed by atoms with Gasteiger partial charge in [-0.05, 0) is 47.9 Å². The second-order valence-electron chi connectivity index (χ2n) is 11.6. The number of nitrogens with one attached hydrogen (secondary N) is 2. The van der Waals surface area contributed by atoms with Gasteiger partial charge in [-0.25, -0.2) is 9.37 Å². The van der Waals surface area contributed by atoms with E-state index in [2.05, 4.69) is 20.3 Å². The fraction of sp³-hybridized carbons (Fsp3) is 0.314. The lowest BCUT2D eigenvalue weighted by molar-refractivity contribution is -0.118. The molecule has 3 heterocycles. The molecule has 0 radical (unpaired) electrons. The van der Waals surface area contributed by atoms with E-state index in [0.717, 1.165) is 16.7 Å². The molecule has 1 fully saturated rings. The van der Waals surface area contributed by atoms with Gasteiger partial charge in [0.05, 0.1) is 26.7 Å². The average molecular weight is 642 g/mol. The number of carbonyl (C=O) groups is 1. The lowest BCUT2D eigenvalue weighted by Gasteiger charge is -2.39. The van der Waals surface area contributed by atoms with E-state index in [9.17, 15) is 9.59 Å². The van der Waals surface area contributed by atoms with Gasteiger partial charge in [0.1, 0.15) is 23.2 Å². The van der Waals surface area contributed by atoms with E-state index in [1.807, 2.05) is 78.9 Å². The van der Waals surface area contributed by atoms with Gasteiger partial charge in [-0.2, -0.15) is 4.98 Å². The third-order valence-electron chi connectivity index (χ3n) is 8.36. The summed E-state index contributed by atoms with van der Waals surface area (Å²) in [5, 5.41) is 2.59. The summed E-state index contributed by atoms with van der Waals surface area (Å²) < 4.78 is 42.4. The Kier molecular flexibility index (Phi) is 8.80. The second-order valence-corrected chi connectivity index (χ2v) is 11.6. The maximum atomic E-state index is 16.9. The summed E-state index contributed by atoms with van der Waals surface area (Å²) in [4.78, 5) is 36.3. The molecule has 1 aliphatic heterocycles. The van der Waals surface area contributed by atoms with Gasteiger partial charge in [-0.3, -0.25) is 24.5 Å². The van der Waals surface area contributed by atoms with E-state index in [0.29, 0.717) is 11.5 Å². The van der Waals surface area contributed by atoms with E-state index < -0.39 is 35.8 Å². The predicted octanol–water partition coefficient (Wildman–Crippen LogP) is 5.36. The average Bonchev–Trinajstić information content (AvgIpc) is 3.63. The van der Waals surface area contributed by atoms with Crippen molar-refractivity contribution >= 4 is 23.0 Å². The summed E-state index contributed by atoms with van der Waals surface area (Å²) in [7, 11) is 3.18. The molecule has 4 atom stereocenters. The molecule has 2 N–H and O–H groups in total. The van der Waals surface area contributed by atoms with Crippen molar-refractivity contribution in [2.75, 3.05) is 19.5 Å². The zero-order chi connectivity index (χ0) is 33.3. The lowest BCUT2D eigenvalue weighted by Crippen LogP contribution is -2.42. The summed E-state index contributed by atoms with van der Waals surface area (Å²) in [6.07, 6.45) is -3.48. The smallest absolute Gasteiger partial charge is 0.280 e. The minimum Gasteiger partial charge on any atom is -0.497 e. The van der Waals surface area contributed by atoms with E-state index in [4.69, 9.17) is 18.9 Å². The second kappa shape index (κ2) is 13.0. The summed E-state index contributed by atoms with van der Waals surface area (Å²) >= 11 is 0. The molecule has 1 aliphatic rings. The maximum Gasteiger partial charge on any atom is 0.280 e. The first-order valence-electron chi connectivity index (χ1n) is 15.3. The van der Waals surface area contributed by atoms with Crippen molar-refractivity contribution in [3.05, 3.63) is 112 Å². The summed E-state index contributed by atoms with van der Waals surface area (Å²) in [6.45, 7) is 5.17. The Morgan fingerprint density at radius 3 is 2.09 bits per heavy atom. The maximum absolute atomic E-state index is 16.9.